The minimum Gasteiger partial charge on any atom is -0.383 e. The lowest BCUT2D eigenvalue weighted by Crippen LogP contribution is -2.37. The molecule has 0 aromatic heterocycles. The van der Waals surface area contributed by atoms with E-state index >= 15 is 0 Å². The maximum Gasteiger partial charge on any atom is 0.269 e. The summed E-state index contributed by atoms with van der Waals surface area (Å²) in [7, 11) is 0. The third-order valence-corrected chi connectivity index (χ3v) is 3.85. The van der Waals surface area contributed by atoms with Gasteiger partial charge < -0.3 is 16.0 Å². The number of nitro benzene ring substituents is 1. The van der Waals surface area contributed by atoms with Crippen LogP contribution in [-0.2, 0) is 4.79 Å². The molecule has 27 heavy (non-hydrogen) atoms. The van der Waals surface area contributed by atoms with Crippen LogP contribution >= 0.6 is 0 Å². The smallest absolute Gasteiger partial charge is 0.269 e. The first kappa shape index (κ1) is 20.2. The molecule has 0 fully saturated rings. The van der Waals surface area contributed by atoms with Crippen molar-refractivity contribution in [2.75, 3.05) is 25.0 Å². The zero-order valence-corrected chi connectivity index (χ0v) is 14.7. The van der Waals surface area contributed by atoms with Crippen LogP contribution in [0.2, 0.25) is 0 Å². The lowest BCUT2D eigenvalue weighted by Gasteiger charge is -2.15. The number of nitro groups is 1. The van der Waals surface area contributed by atoms with E-state index in [-0.39, 0.29) is 23.7 Å². The van der Waals surface area contributed by atoms with Crippen LogP contribution in [0.15, 0.2) is 42.5 Å². The second-order valence-corrected chi connectivity index (χ2v) is 5.85. The predicted molar refractivity (Wildman–Crippen MR) is 97.4 cm³/mol. The fourth-order valence-electron chi connectivity index (χ4n) is 2.38. The Morgan fingerprint density at radius 2 is 1.85 bits per heavy atom. The zero-order valence-electron chi connectivity index (χ0n) is 14.7. The summed E-state index contributed by atoms with van der Waals surface area (Å²) in [6, 6.07) is 8.81. The Morgan fingerprint density at radius 3 is 2.48 bits per heavy atom. The Balaban J connectivity index is 1.68. The highest BCUT2D eigenvalue weighted by Crippen LogP contribution is 2.17. The summed E-state index contributed by atoms with van der Waals surface area (Å²) in [5.41, 5.74) is 0.990. The summed E-state index contributed by atoms with van der Waals surface area (Å²) in [5.74, 6) is -1.58. The van der Waals surface area contributed by atoms with Crippen LogP contribution in [0.3, 0.4) is 0 Å². The molecule has 0 bridgehead atoms. The van der Waals surface area contributed by atoms with Crippen LogP contribution < -0.4 is 16.0 Å². The molecule has 0 heterocycles. The van der Waals surface area contributed by atoms with Gasteiger partial charge >= 0.3 is 0 Å². The van der Waals surface area contributed by atoms with E-state index in [1.165, 1.54) is 24.3 Å². The van der Waals surface area contributed by atoms with Gasteiger partial charge in [0.1, 0.15) is 11.6 Å². The molecule has 0 aliphatic carbocycles. The molecule has 144 valence electrons. The molecule has 2 aromatic carbocycles. The number of amides is 1. The summed E-state index contributed by atoms with van der Waals surface area (Å²) in [5, 5.41) is 19.2. The molecular weight excluding hydrogens is 358 g/mol. The summed E-state index contributed by atoms with van der Waals surface area (Å²) in [4.78, 5) is 21.9. The SMILES string of the molecule is C[C@@H](NCC(=O)NCCNc1ccc([N+](=O)[O-])cc1)c1ccc(F)cc1F. The van der Waals surface area contributed by atoms with Gasteiger partial charge in [0.05, 0.1) is 11.5 Å². The second-order valence-electron chi connectivity index (χ2n) is 5.85. The Kier molecular flexibility index (Phi) is 7.18. The van der Waals surface area contributed by atoms with Crippen LogP contribution in [0, 0.1) is 21.7 Å². The summed E-state index contributed by atoms with van der Waals surface area (Å²) < 4.78 is 26.6. The molecule has 0 aliphatic rings. The van der Waals surface area contributed by atoms with Gasteiger partial charge in [-0.2, -0.15) is 0 Å². The van der Waals surface area contributed by atoms with Crippen LogP contribution in [0.1, 0.15) is 18.5 Å². The molecule has 1 atom stereocenters. The van der Waals surface area contributed by atoms with Crippen molar-refractivity contribution < 1.29 is 18.5 Å². The minimum atomic E-state index is -0.664. The number of nitrogens with one attached hydrogen (secondary N) is 3. The van der Waals surface area contributed by atoms with E-state index < -0.39 is 22.6 Å². The molecule has 2 aromatic rings. The van der Waals surface area contributed by atoms with Crippen molar-refractivity contribution in [2.45, 2.75) is 13.0 Å². The number of nitrogens with zero attached hydrogens (tertiary/aromatic N) is 1. The highest BCUT2D eigenvalue weighted by molar-refractivity contribution is 5.78. The molecule has 0 unspecified atom stereocenters. The predicted octanol–water partition coefficient (Wildman–Crippen LogP) is 2.75. The highest BCUT2D eigenvalue weighted by Gasteiger charge is 2.12. The topological polar surface area (TPSA) is 96.3 Å². The fraction of sp³-hybridized carbons (Fsp3) is 0.278. The van der Waals surface area contributed by atoms with E-state index in [1.54, 1.807) is 19.1 Å². The number of benzene rings is 2. The molecule has 3 N–H and O–H groups in total. The van der Waals surface area contributed by atoms with Crippen molar-refractivity contribution >= 4 is 17.3 Å². The number of halogens is 2. The van der Waals surface area contributed by atoms with Gasteiger partial charge in [0.25, 0.3) is 5.69 Å². The number of non-ortho nitro benzene ring substituents is 1. The largest absolute Gasteiger partial charge is 0.383 e. The Labute approximate surface area is 154 Å². The summed E-state index contributed by atoms with van der Waals surface area (Å²) >= 11 is 0. The van der Waals surface area contributed by atoms with Crippen molar-refractivity contribution in [3.8, 4) is 0 Å². The van der Waals surface area contributed by atoms with Crippen LogP contribution in [0.4, 0.5) is 20.2 Å². The first-order chi connectivity index (χ1) is 12.9. The minimum absolute atomic E-state index is 0.00615. The molecule has 0 saturated carbocycles. The van der Waals surface area contributed by atoms with Gasteiger partial charge in [0, 0.05) is 48.6 Å². The standard InChI is InChI=1S/C18H20F2N4O3/c1-12(16-7-2-13(19)10-17(16)20)23-11-18(25)22-9-8-21-14-3-5-15(6-4-14)24(26)27/h2-7,10,12,21,23H,8-9,11H2,1H3,(H,22,25)/t12-/m1/s1. The van der Waals surface area contributed by atoms with Crippen LogP contribution in [0.25, 0.3) is 0 Å². The molecule has 1 amide bonds. The number of rotatable bonds is 9. The second kappa shape index (κ2) is 9.58. The molecule has 0 radical (unpaired) electrons. The third-order valence-electron chi connectivity index (χ3n) is 3.85. The average Bonchev–Trinajstić information content (AvgIpc) is 2.63. The molecule has 7 nitrogen and oxygen atoms in total. The lowest BCUT2D eigenvalue weighted by atomic mass is 10.1. The lowest BCUT2D eigenvalue weighted by molar-refractivity contribution is -0.384. The zero-order chi connectivity index (χ0) is 19.8. The first-order valence-corrected chi connectivity index (χ1v) is 8.30. The monoisotopic (exact) mass is 378 g/mol. The third kappa shape index (κ3) is 6.30. The van der Waals surface area contributed by atoms with Gasteiger partial charge in [-0.05, 0) is 25.1 Å². The number of anilines is 1. The van der Waals surface area contributed by atoms with E-state index in [4.69, 9.17) is 0 Å². The van der Waals surface area contributed by atoms with E-state index in [1.807, 2.05) is 0 Å². The number of carbonyl (C=O) groups excluding carboxylic acids is 1. The Morgan fingerprint density at radius 1 is 1.15 bits per heavy atom. The van der Waals surface area contributed by atoms with Gasteiger partial charge in [0.2, 0.25) is 5.91 Å². The van der Waals surface area contributed by atoms with Crippen molar-refractivity contribution in [2.24, 2.45) is 0 Å². The number of hydrogen-bond donors (Lipinski definition) is 3. The van der Waals surface area contributed by atoms with Crippen LogP contribution in [0.5, 0.6) is 0 Å². The van der Waals surface area contributed by atoms with Gasteiger partial charge in [-0.25, -0.2) is 8.78 Å². The first-order valence-electron chi connectivity index (χ1n) is 8.30. The van der Waals surface area contributed by atoms with Gasteiger partial charge in [0.15, 0.2) is 0 Å². The van der Waals surface area contributed by atoms with E-state index in [9.17, 15) is 23.7 Å². The molecular formula is C18H20F2N4O3. The summed E-state index contributed by atoms with van der Waals surface area (Å²) in [6.45, 7) is 2.44. The van der Waals surface area contributed by atoms with Gasteiger partial charge in [-0.3, -0.25) is 14.9 Å². The van der Waals surface area contributed by atoms with Crippen molar-refractivity contribution in [1.29, 1.82) is 0 Å². The average molecular weight is 378 g/mol. The van der Waals surface area contributed by atoms with E-state index in [0.717, 1.165) is 6.07 Å². The van der Waals surface area contributed by atoms with Gasteiger partial charge in [-0.1, -0.05) is 6.07 Å². The molecule has 0 spiro atoms. The molecule has 9 heteroatoms. The molecule has 0 saturated heterocycles. The molecule has 2 rings (SSSR count). The fourth-order valence-corrected chi connectivity index (χ4v) is 2.38. The van der Waals surface area contributed by atoms with Crippen LogP contribution in [-0.4, -0.2) is 30.5 Å². The van der Waals surface area contributed by atoms with E-state index in [2.05, 4.69) is 16.0 Å². The Bertz CT molecular complexity index is 800. The van der Waals surface area contributed by atoms with Crippen molar-refractivity contribution in [3.63, 3.8) is 0 Å². The Hall–Kier alpha value is -3.07. The number of hydrogen-bond acceptors (Lipinski definition) is 5. The number of carbonyl (C=O) groups is 1. The maximum atomic E-state index is 13.7. The summed E-state index contributed by atoms with van der Waals surface area (Å²) in [6.07, 6.45) is 0. The maximum absolute atomic E-state index is 13.7. The van der Waals surface area contributed by atoms with E-state index in [0.29, 0.717) is 18.8 Å². The normalized spacial score (nSPS) is 11.7. The molecule has 0 aliphatic heterocycles. The van der Waals surface area contributed by atoms with Crippen molar-refractivity contribution in [3.05, 3.63) is 69.8 Å². The van der Waals surface area contributed by atoms with Crippen molar-refractivity contribution in [1.82, 2.24) is 10.6 Å². The van der Waals surface area contributed by atoms with Gasteiger partial charge in [-0.15, -0.1) is 0 Å². The quantitative estimate of drug-likeness (QED) is 0.354. The highest BCUT2D eigenvalue weighted by atomic mass is 19.1.